The van der Waals surface area contributed by atoms with E-state index in [9.17, 15) is 16.8 Å². The number of benzene rings is 4. The van der Waals surface area contributed by atoms with Crippen LogP contribution in [0, 0.1) is 0 Å². The Balaban J connectivity index is 1.50. The standard InChI is InChI=1S/C32H29N3O5S2/c36-41(37,30-17-6-2-7-18-30)35(42(38,39)31-19-8-3-9-20-31)25-29(22-21-26-12-4-1-5-13-26)40-34-24-28-15-10-14-27-16-11-23-33-32(27)28/h1-20,23-24,29H,21-22,25H2/b34-24+. The maximum Gasteiger partial charge on any atom is 0.256 e. The highest BCUT2D eigenvalue weighted by atomic mass is 32.3. The summed E-state index contributed by atoms with van der Waals surface area (Å²) in [5, 5.41) is 5.11. The van der Waals surface area contributed by atoms with Gasteiger partial charge in [-0.3, -0.25) is 4.98 Å². The van der Waals surface area contributed by atoms with Gasteiger partial charge in [-0.1, -0.05) is 99.9 Å². The highest BCUT2D eigenvalue weighted by molar-refractivity contribution is 8.04. The summed E-state index contributed by atoms with van der Waals surface area (Å²) in [6, 6.07) is 34.0. The molecule has 0 aliphatic heterocycles. The number of aryl methyl sites for hydroxylation is 1. The van der Waals surface area contributed by atoms with E-state index in [2.05, 4.69) is 10.1 Å². The van der Waals surface area contributed by atoms with E-state index in [1.807, 2.05) is 60.7 Å². The number of pyridine rings is 1. The zero-order valence-electron chi connectivity index (χ0n) is 22.6. The minimum absolute atomic E-state index is 0.142. The maximum atomic E-state index is 13.8. The number of hydrogen-bond acceptors (Lipinski definition) is 7. The lowest BCUT2D eigenvalue weighted by Gasteiger charge is -2.25. The number of fused-ring (bicyclic) bond motifs is 1. The molecule has 0 amide bonds. The second-order valence-electron chi connectivity index (χ2n) is 9.50. The van der Waals surface area contributed by atoms with E-state index in [1.54, 1.807) is 42.6 Å². The first-order chi connectivity index (χ1) is 20.4. The van der Waals surface area contributed by atoms with Crippen LogP contribution < -0.4 is 0 Å². The Kier molecular flexibility index (Phi) is 9.06. The van der Waals surface area contributed by atoms with Gasteiger partial charge in [-0.25, -0.2) is 16.8 Å². The predicted molar refractivity (Wildman–Crippen MR) is 163 cm³/mol. The monoisotopic (exact) mass is 599 g/mol. The van der Waals surface area contributed by atoms with Gasteiger partial charge in [-0.2, -0.15) is 0 Å². The summed E-state index contributed by atoms with van der Waals surface area (Å²) in [5.74, 6) is 0. The van der Waals surface area contributed by atoms with Crippen LogP contribution in [0.2, 0.25) is 0 Å². The molecule has 5 aromatic rings. The van der Waals surface area contributed by atoms with Crippen LogP contribution in [-0.2, 0) is 31.3 Å². The van der Waals surface area contributed by atoms with Crippen molar-refractivity contribution >= 4 is 37.2 Å². The minimum Gasteiger partial charge on any atom is -0.391 e. The first-order valence-corrected chi connectivity index (χ1v) is 16.2. The van der Waals surface area contributed by atoms with E-state index >= 15 is 0 Å². The summed E-state index contributed by atoms with van der Waals surface area (Å²) in [6.07, 6.45) is 3.11. The average molecular weight is 600 g/mol. The molecule has 0 saturated heterocycles. The number of oxime groups is 1. The number of nitrogens with zero attached hydrogens (tertiary/aromatic N) is 3. The van der Waals surface area contributed by atoms with Crippen molar-refractivity contribution < 1.29 is 21.7 Å². The second kappa shape index (κ2) is 13.1. The smallest absolute Gasteiger partial charge is 0.256 e. The lowest BCUT2D eigenvalue weighted by atomic mass is 10.1. The average Bonchev–Trinajstić information content (AvgIpc) is 3.03. The van der Waals surface area contributed by atoms with Crippen LogP contribution in [0.25, 0.3) is 10.9 Å². The van der Waals surface area contributed by atoms with E-state index in [0.29, 0.717) is 22.1 Å². The molecule has 0 saturated carbocycles. The van der Waals surface area contributed by atoms with Crippen molar-refractivity contribution in [2.24, 2.45) is 5.16 Å². The van der Waals surface area contributed by atoms with Crippen LogP contribution >= 0.6 is 0 Å². The molecule has 42 heavy (non-hydrogen) atoms. The number of sulfonamides is 2. The van der Waals surface area contributed by atoms with Crippen LogP contribution in [0.4, 0.5) is 0 Å². The molecule has 0 bridgehead atoms. The van der Waals surface area contributed by atoms with Crippen LogP contribution in [0.5, 0.6) is 0 Å². The first kappa shape index (κ1) is 29.1. The summed E-state index contributed by atoms with van der Waals surface area (Å²) >= 11 is 0. The fourth-order valence-electron chi connectivity index (χ4n) is 4.47. The van der Waals surface area contributed by atoms with Crippen LogP contribution in [0.3, 0.4) is 0 Å². The van der Waals surface area contributed by atoms with Gasteiger partial charge in [0.25, 0.3) is 20.0 Å². The molecule has 1 unspecified atom stereocenters. The molecular formula is C32H29N3O5S2. The highest BCUT2D eigenvalue weighted by Gasteiger charge is 2.38. The zero-order chi connectivity index (χ0) is 29.4. The molecular weight excluding hydrogens is 571 g/mol. The molecule has 1 heterocycles. The Hall–Kier alpha value is -4.38. The molecule has 0 fully saturated rings. The van der Waals surface area contributed by atoms with Crippen molar-refractivity contribution in [3.63, 3.8) is 0 Å². The summed E-state index contributed by atoms with van der Waals surface area (Å²) in [5.41, 5.74) is 2.44. The molecule has 4 aromatic carbocycles. The van der Waals surface area contributed by atoms with Crippen molar-refractivity contribution in [1.29, 1.82) is 0 Å². The maximum absolute atomic E-state index is 13.8. The third kappa shape index (κ3) is 6.73. The van der Waals surface area contributed by atoms with E-state index in [-0.39, 0.29) is 9.79 Å². The van der Waals surface area contributed by atoms with Gasteiger partial charge in [0.15, 0.2) is 0 Å². The van der Waals surface area contributed by atoms with Gasteiger partial charge >= 0.3 is 0 Å². The van der Waals surface area contributed by atoms with Gasteiger partial charge in [-0.15, -0.1) is 0 Å². The van der Waals surface area contributed by atoms with E-state index in [1.165, 1.54) is 30.5 Å². The Morgan fingerprint density at radius 1 is 0.714 bits per heavy atom. The summed E-state index contributed by atoms with van der Waals surface area (Å²) < 4.78 is 55.9. The first-order valence-electron chi connectivity index (χ1n) is 13.3. The Morgan fingerprint density at radius 3 is 1.90 bits per heavy atom. The van der Waals surface area contributed by atoms with Crippen molar-refractivity contribution in [1.82, 2.24) is 8.69 Å². The van der Waals surface area contributed by atoms with Gasteiger partial charge in [0.05, 0.1) is 28.1 Å². The van der Waals surface area contributed by atoms with E-state index in [4.69, 9.17) is 4.84 Å². The summed E-state index contributed by atoms with van der Waals surface area (Å²) in [7, 11) is -8.97. The normalized spacial score (nSPS) is 13.0. The zero-order valence-corrected chi connectivity index (χ0v) is 24.2. The number of aromatic nitrogens is 1. The fourth-order valence-corrected chi connectivity index (χ4v) is 8.21. The summed E-state index contributed by atoms with van der Waals surface area (Å²) in [4.78, 5) is 10.0. The van der Waals surface area contributed by atoms with Gasteiger partial charge in [0.1, 0.15) is 6.10 Å². The van der Waals surface area contributed by atoms with E-state index in [0.717, 1.165) is 16.5 Å². The van der Waals surface area contributed by atoms with Gasteiger partial charge in [0.2, 0.25) is 0 Å². The molecule has 0 aliphatic rings. The predicted octanol–water partition coefficient (Wildman–Crippen LogP) is 5.67. The quantitative estimate of drug-likeness (QED) is 0.135. The van der Waals surface area contributed by atoms with Crippen molar-refractivity contribution in [3.8, 4) is 0 Å². The number of para-hydroxylation sites is 1. The number of rotatable bonds is 12. The minimum atomic E-state index is -4.49. The Bertz CT molecular complexity index is 1790. The fraction of sp³-hybridized carbons (Fsp3) is 0.125. The molecule has 0 spiro atoms. The molecule has 5 rings (SSSR count). The molecule has 214 valence electrons. The van der Waals surface area contributed by atoms with Gasteiger partial charge in [0, 0.05) is 17.1 Å². The molecule has 1 atom stereocenters. The molecule has 0 aliphatic carbocycles. The Morgan fingerprint density at radius 2 is 1.29 bits per heavy atom. The van der Waals surface area contributed by atoms with Crippen molar-refractivity contribution in [3.05, 3.63) is 139 Å². The third-order valence-electron chi connectivity index (χ3n) is 6.63. The lowest BCUT2D eigenvalue weighted by Crippen LogP contribution is -2.42. The highest BCUT2D eigenvalue weighted by Crippen LogP contribution is 2.26. The third-order valence-corrected chi connectivity index (χ3v) is 10.9. The molecule has 0 radical (unpaired) electrons. The second-order valence-corrected chi connectivity index (χ2v) is 13.5. The topological polar surface area (TPSA) is 106 Å². The largest absolute Gasteiger partial charge is 0.391 e. The van der Waals surface area contributed by atoms with Crippen LogP contribution in [-0.4, -0.2) is 44.4 Å². The molecule has 1 aromatic heterocycles. The van der Waals surface area contributed by atoms with Crippen LogP contribution in [0.15, 0.2) is 142 Å². The molecule has 10 heteroatoms. The lowest BCUT2D eigenvalue weighted by molar-refractivity contribution is 0.0495. The number of hydrogen-bond donors (Lipinski definition) is 0. The van der Waals surface area contributed by atoms with E-state index < -0.39 is 32.7 Å². The molecule has 8 nitrogen and oxygen atoms in total. The molecule has 0 N–H and O–H groups in total. The van der Waals surface area contributed by atoms with Crippen molar-refractivity contribution in [2.45, 2.75) is 28.7 Å². The summed E-state index contributed by atoms with van der Waals surface area (Å²) in [6.45, 7) is -0.480. The van der Waals surface area contributed by atoms with Crippen molar-refractivity contribution in [2.75, 3.05) is 6.54 Å². The van der Waals surface area contributed by atoms with Gasteiger partial charge in [-0.05, 0) is 48.7 Å². The van der Waals surface area contributed by atoms with Gasteiger partial charge < -0.3 is 4.84 Å². The Labute approximate surface area is 246 Å². The SMILES string of the molecule is O=S(=O)(c1ccccc1)N(CC(CCc1ccccc1)O/N=C/c1cccc2cccnc12)S(=O)(=O)c1ccccc1. The van der Waals surface area contributed by atoms with Crippen LogP contribution in [0.1, 0.15) is 17.5 Å².